The summed E-state index contributed by atoms with van der Waals surface area (Å²) in [4.78, 5) is 3.67. The van der Waals surface area contributed by atoms with Crippen LogP contribution >= 0.6 is 0 Å². The number of ether oxygens (including phenoxy) is 1. The first-order valence-electron chi connectivity index (χ1n) is 7.28. The third-order valence-electron chi connectivity index (χ3n) is 3.54. The lowest BCUT2D eigenvalue weighted by atomic mass is 10.0. The van der Waals surface area contributed by atoms with Crippen molar-refractivity contribution < 1.29 is 14.2 Å². The summed E-state index contributed by atoms with van der Waals surface area (Å²) in [5.74, 6) is 0.154. The van der Waals surface area contributed by atoms with Gasteiger partial charge in [0.05, 0.1) is 6.61 Å². The van der Waals surface area contributed by atoms with E-state index in [4.69, 9.17) is 4.74 Å². The monoisotopic (exact) mass is 309 g/mol. The average molecular weight is 309 g/mol. The lowest BCUT2D eigenvalue weighted by molar-refractivity contribution is 0.281. The van der Waals surface area contributed by atoms with Gasteiger partial charge in [-0.1, -0.05) is 36.4 Å². The van der Waals surface area contributed by atoms with Crippen LogP contribution in [0.1, 0.15) is 11.1 Å². The number of aromatic nitrogens is 1. The molecule has 0 bridgehead atoms. The minimum atomic E-state index is -0.532. The van der Waals surface area contributed by atoms with Crippen molar-refractivity contribution in [1.29, 1.82) is 0 Å². The van der Waals surface area contributed by atoms with Crippen LogP contribution in [-0.2, 0) is 13.2 Å². The number of nitrogens with zero attached hydrogens (tertiary/aromatic N) is 1. The molecule has 1 N–H and O–H groups in total. The maximum atomic E-state index is 13.0. The topological polar surface area (TPSA) is 42.4 Å². The van der Waals surface area contributed by atoms with E-state index in [-0.39, 0.29) is 6.61 Å². The first-order chi connectivity index (χ1) is 11.3. The number of aliphatic hydroxyl groups excluding tert-OH is 1. The quantitative estimate of drug-likeness (QED) is 0.725. The van der Waals surface area contributed by atoms with Crippen LogP contribution < -0.4 is 4.74 Å². The summed E-state index contributed by atoms with van der Waals surface area (Å²) < 4.78 is 18.8. The molecule has 3 nitrogen and oxygen atoms in total. The molecule has 23 heavy (non-hydrogen) atoms. The molecule has 1 heterocycles. The Morgan fingerprint density at radius 2 is 1.83 bits per heavy atom. The van der Waals surface area contributed by atoms with E-state index < -0.39 is 5.95 Å². The summed E-state index contributed by atoms with van der Waals surface area (Å²) in [5, 5.41) is 9.50. The Kier molecular flexibility index (Phi) is 4.64. The van der Waals surface area contributed by atoms with Gasteiger partial charge in [0, 0.05) is 11.8 Å². The van der Waals surface area contributed by atoms with Gasteiger partial charge in [-0.3, -0.25) is 0 Å². The second kappa shape index (κ2) is 7.03. The average Bonchev–Trinajstić information content (AvgIpc) is 2.61. The Morgan fingerprint density at radius 1 is 1.00 bits per heavy atom. The van der Waals surface area contributed by atoms with Crippen molar-refractivity contribution in [1.82, 2.24) is 4.98 Å². The highest BCUT2D eigenvalue weighted by atomic mass is 19.1. The van der Waals surface area contributed by atoms with Crippen LogP contribution in [0.25, 0.3) is 11.1 Å². The van der Waals surface area contributed by atoms with E-state index in [0.717, 1.165) is 22.3 Å². The second-order valence-electron chi connectivity index (χ2n) is 5.12. The van der Waals surface area contributed by atoms with Crippen molar-refractivity contribution in [3.8, 4) is 16.9 Å². The van der Waals surface area contributed by atoms with E-state index in [1.807, 2.05) is 42.5 Å². The molecule has 0 radical (unpaired) electrons. The molecule has 3 aromatic rings. The molecular formula is C19H16FNO2. The van der Waals surface area contributed by atoms with Crippen LogP contribution in [0.15, 0.2) is 66.9 Å². The van der Waals surface area contributed by atoms with Gasteiger partial charge >= 0.3 is 0 Å². The fourth-order valence-electron chi connectivity index (χ4n) is 2.33. The summed E-state index contributed by atoms with van der Waals surface area (Å²) in [6.45, 7) is 0.353. The predicted molar refractivity (Wildman–Crippen MR) is 86.3 cm³/mol. The molecule has 2 aromatic carbocycles. The third kappa shape index (κ3) is 3.73. The maximum Gasteiger partial charge on any atom is 0.212 e. The van der Waals surface area contributed by atoms with Gasteiger partial charge in [-0.2, -0.15) is 4.39 Å². The van der Waals surface area contributed by atoms with Crippen LogP contribution in [0.5, 0.6) is 5.75 Å². The van der Waals surface area contributed by atoms with Gasteiger partial charge in [0.25, 0.3) is 0 Å². The Morgan fingerprint density at radius 3 is 2.52 bits per heavy atom. The van der Waals surface area contributed by atoms with Gasteiger partial charge in [-0.25, -0.2) is 4.98 Å². The molecule has 0 atom stereocenters. The Labute approximate surface area is 134 Å². The van der Waals surface area contributed by atoms with Crippen LogP contribution in [-0.4, -0.2) is 10.1 Å². The molecule has 3 rings (SSSR count). The van der Waals surface area contributed by atoms with Crippen LogP contribution in [0, 0.1) is 5.95 Å². The van der Waals surface area contributed by atoms with Crippen molar-refractivity contribution in [2.24, 2.45) is 0 Å². The second-order valence-corrected chi connectivity index (χ2v) is 5.12. The highest BCUT2D eigenvalue weighted by molar-refractivity contribution is 5.68. The summed E-state index contributed by atoms with van der Waals surface area (Å²) in [6.07, 6.45) is 1.45. The van der Waals surface area contributed by atoms with E-state index in [1.54, 1.807) is 12.1 Å². The molecule has 0 aliphatic carbocycles. The summed E-state index contributed by atoms with van der Waals surface area (Å²) in [5.41, 5.74) is 3.33. The molecule has 0 saturated heterocycles. The third-order valence-corrected chi connectivity index (χ3v) is 3.54. The van der Waals surface area contributed by atoms with Gasteiger partial charge in [-0.05, 0) is 41.0 Å². The Balaban J connectivity index is 1.85. The molecule has 0 aliphatic rings. The van der Waals surface area contributed by atoms with E-state index in [1.165, 1.54) is 12.3 Å². The smallest absolute Gasteiger partial charge is 0.212 e. The zero-order valence-corrected chi connectivity index (χ0v) is 12.4. The molecule has 0 spiro atoms. The highest BCUT2D eigenvalue weighted by Crippen LogP contribution is 2.28. The van der Waals surface area contributed by atoms with E-state index in [2.05, 4.69) is 4.98 Å². The van der Waals surface area contributed by atoms with E-state index in [9.17, 15) is 9.50 Å². The highest BCUT2D eigenvalue weighted by Gasteiger charge is 2.08. The molecule has 0 aliphatic heterocycles. The molecule has 0 unspecified atom stereocenters. The van der Waals surface area contributed by atoms with Gasteiger partial charge in [0.2, 0.25) is 5.95 Å². The first kappa shape index (κ1) is 15.2. The van der Waals surface area contributed by atoms with Crippen molar-refractivity contribution >= 4 is 0 Å². The van der Waals surface area contributed by atoms with Crippen LogP contribution in [0.2, 0.25) is 0 Å². The predicted octanol–water partition coefficient (Wildman–Crippen LogP) is 3.96. The standard InChI is InChI=1S/C19H16FNO2/c20-19-9-7-15(11-21-19)18-10-17(8-6-16(18)12-22)23-13-14-4-2-1-3-5-14/h1-11,22H,12-13H2. The number of benzene rings is 2. The number of pyridine rings is 1. The van der Waals surface area contributed by atoms with E-state index in [0.29, 0.717) is 12.4 Å². The lowest BCUT2D eigenvalue weighted by Crippen LogP contribution is -1.97. The van der Waals surface area contributed by atoms with Crippen LogP contribution in [0.3, 0.4) is 0 Å². The number of aliphatic hydroxyl groups is 1. The number of hydrogen-bond donors (Lipinski definition) is 1. The van der Waals surface area contributed by atoms with Crippen LogP contribution in [0.4, 0.5) is 4.39 Å². The molecule has 4 heteroatoms. The summed E-state index contributed by atoms with van der Waals surface area (Å²) in [7, 11) is 0. The van der Waals surface area contributed by atoms with Gasteiger partial charge in [-0.15, -0.1) is 0 Å². The van der Waals surface area contributed by atoms with E-state index >= 15 is 0 Å². The largest absolute Gasteiger partial charge is 0.489 e. The molecule has 0 saturated carbocycles. The number of hydrogen-bond acceptors (Lipinski definition) is 3. The molecule has 0 fully saturated rings. The minimum absolute atomic E-state index is 0.105. The fourth-order valence-corrected chi connectivity index (χ4v) is 2.33. The summed E-state index contributed by atoms with van der Waals surface area (Å²) >= 11 is 0. The number of rotatable bonds is 5. The maximum absolute atomic E-state index is 13.0. The van der Waals surface area contributed by atoms with Crippen molar-refractivity contribution in [2.75, 3.05) is 0 Å². The minimum Gasteiger partial charge on any atom is -0.489 e. The zero-order chi connectivity index (χ0) is 16.1. The molecule has 0 amide bonds. The van der Waals surface area contributed by atoms with Gasteiger partial charge in [0.15, 0.2) is 0 Å². The fraction of sp³-hybridized carbons (Fsp3) is 0.105. The number of halogens is 1. The summed E-state index contributed by atoms with van der Waals surface area (Å²) in [6, 6.07) is 18.3. The Bertz CT molecular complexity index is 773. The van der Waals surface area contributed by atoms with Gasteiger partial charge < -0.3 is 9.84 Å². The molecule has 116 valence electrons. The molecule has 1 aromatic heterocycles. The van der Waals surface area contributed by atoms with Crippen molar-refractivity contribution in [3.05, 3.63) is 83.9 Å². The lowest BCUT2D eigenvalue weighted by Gasteiger charge is -2.12. The molecular weight excluding hydrogens is 293 g/mol. The van der Waals surface area contributed by atoms with Crippen molar-refractivity contribution in [2.45, 2.75) is 13.2 Å². The normalized spacial score (nSPS) is 10.5. The zero-order valence-electron chi connectivity index (χ0n) is 12.4. The Hall–Kier alpha value is -2.72. The first-order valence-corrected chi connectivity index (χ1v) is 7.28. The van der Waals surface area contributed by atoms with Crippen molar-refractivity contribution in [3.63, 3.8) is 0 Å². The van der Waals surface area contributed by atoms with Gasteiger partial charge in [0.1, 0.15) is 12.4 Å². The SMILES string of the molecule is OCc1ccc(OCc2ccccc2)cc1-c1ccc(F)nc1.